The van der Waals surface area contributed by atoms with E-state index in [0.29, 0.717) is 17.4 Å². The van der Waals surface area contributed by atoms with Crippen molar-refractivity contribution < 1.29 is 42.9 Å². The van der Waals surface area contributed by atoms with Crippen LogP contribution in [0.5, 0.6) is 0 Å². The summed E-state index contributed by atoms with van der Waals surface area (Å²) in [6.07, 6.45) is 108. The summed E-state index contributed by atoms with van der Waals surface area (Å²) in [6.45, 7) is 4.72. The molecule has 0 aliphatic heterocycles. The second-order valence-electron chi connectivity index (χ2n) is 31.5. The van der Waals surface area contributed by atoms with Gasteiger partial charge in [0.1, 0.15) is 13.2 Å². The molecular weight excluding hydrogens is 1250 g/mol. The van der Waals surface area contributed by atoms with E-state index in [2.05, 4.69) is 74.6 Å². The molecule has 592 valence electrons. The van der Waals surface area contributed by atoms with Gasteiger partial charge in [0.05, 0.1) is 40.3 Å². The summed E-state index contributed by atoms with van der Waals surface area (Å²) >= 11 is 0. The third-order valence-corrected chi connectivity index (χ3v) is 20.3. The molecule has 0 aromatic heterocycles. The average molecular weight is 1420 g/mol. The summed E-state index contributed by atoms with van der Waals surface area (Å²) < 4.78 is 22.9. The maximum absolute atomic E-state index is 13.0. The van der Waals surface area contributed by atoms with E-state index in [1.807, 2.05) is 21.1 Å². The fourth-order valence-electron chi connectivity index (χ4n) is 13.6. The summed E-state index contributed by atoms with van der Waals surface area (Å²) in [5, 5.41) is 11.9. The average Bonchev–Trinajstić information content (AvgIpc) is 1.21. The summed E-state index contributed by atoms with van der Waals surface area (Å²) in [5.41, 5.74) is 0. The number of aliphatic carboxylic acids is 1. The van der Waals surface area contributed by atoms with Gasteiger partial charge in [-0.1, -0.05) is 441 Å². The number of allylic oxidation sites excluding steroid dienone is 10. The molecule has 0 N–H and O–H groups in total. The zero-order chi connectivity index (χ0) is 73.2. The second kappa shape index (κ2) is 82.6. The van der Waals surface area contributed by atoms with Gasteiger partial charge in [0.2, 0.25) is 0 Å². The lowest BCUT2D eigenvalue weighted by atomic mass is 10.0. The van der Waals surface area contributed by atoms with E-state index in [1.165, 1.54) is 353 Å². The van der Waals surface area contributed by atoms with Crippen LogP contribution in [0.4, 0.5) is 0 Å². The van der Waals surface area contributed by atoms with Crippen molar-refractivity contribution in [1.82, 2.24) is 0 Å². The van der Waals surface area contributed by atoms with Crippen LogP contribution in [-0.4, -0.2) is 82.3 Å². The SMILES string of the molecule is CC/C=C\C/C=C\C/C=C\C/C=C\C/C=C\CCCCCCCCCCCCCCCCCCCCCCCCCCCC(=O)OC(COC(=O)CCCCCCCCCCCCCCCCCCCCCCCCCCCCCCCCCCCCC)COC(OCC[N+](C)(C)C)C(=O)[O-]. The lowest BCUT2D eigenvalue weighted by molar-refractivity contribution is -0.870. The van der Waals surface area contributed by atoms with Gasteiger partial charge in [-0.3, -0.25) is 9.59 Å². The predicted octanol–water partition coefficient (Wildman–Crippen LogP) is 27.6. The maximum Gasteiger partial charge on any atom is 0.306 e. The van der Waals surface area contributed by atoms with E-state index < -0.39 is 24.3 Å². The minimum absolute atomic E-state index is 0.151. The van der Waals surface area contributed by atoms with Gasteiger partial charge in [-0.05, 0) is 57.8 Å². The number of carboxylic acid groups (broad SMARTS) is 1. The van der Waals surface area contributed by atoms with Crippen LogP contribution in [0.15, 0.2) is 60.8 Å². The first-order valence-corrected chi connectivity index (χ1v) is 44.4. The van der Waals surface area contributed by atoms with Crippen molar-refractivity contribution >= 4 is 17.9 Å². The highest BCUT2D eigenvalue weighted by Crippen LogP contribution is 2.21. The quantitative estimate of drug-likeness (QED) is 0.0195. The maximum atomic E-state index is 13.0. The number of likely N-dealkylation sites (N-methyl/N-ethyl adjacent to an activating group) is 1. The van der Waals surface area contributed by atoms with E-state index in [0.717, 1.165) is 70.6 Å². The van der Waals surface area contributed by atoms with Gasteiger partial charge in [0.25, 0.3) is 0 Å². The Hall–Kier alpha value is -3.01. The topological polar surface area (TPSA) is 111 Å². The van der Waals surface area contributed by atoms with Gasteiger partial charge in [0, 0.05) is 12.8 Å². The van der Waals surface area contributed by atoms with E-state index in [4.69, 9.17) is 18.9 Å². The molecule has 9 heteroatoms. The van der Waals surface area contributed by atoms with Crippen molar-refractivity contribution in [2.24, 2.45) is 0 Å². The molecule has 0 aromatic carbocycles. The summed E-state index contributed by atoms with van der Waals surface area (Å²) in [7, 11) is 5.96. The van der Waals surface area contributed by atoms with Gasteiger partial charge in [0.15, 0.2) is 12.4 Å². The second-order valence-corrected chi connectivity index (χ2v) is 31.5. The fraction of sp³-hybridized carbons (Fsp3) is 0.859. The van der Waals surface area contributed by atoms with E-state index in [1.54, 1.807) is 0 Å². The monoisotopic (exact) mass is 1420 g/mol. The van der Waals surface area contributed by atoms with Gasteiger partial charge in [-0.15, -0.1) is 0 Å². The Morgan fingerprint density at radius 1 is 0.307 bits per heavy atom. The molecule has 2 atom stereocenters. The predicted molar refractivity (Wildman–Crippen MR) is 435 cm³/mol. The lowest BCUT2D eigenvalue weighted by Gasteiger charge is -2.26. The van der Waals surface area contributed by atoms with Crippen LogP contribution in [0.1, 0.15) is 450 Å². The number of carbonyl (C=O) groups excluding carboxylic acids is 3. The number of quaternary nitrogens is 1. The molecule has 0 aliphatic carbocycles. The van der Waals surface area contributed by atoms with E-state index in [-0.39, 0.29) is 32.2 Å². The Bertz CT molecular complexity index is 1850. The smallest absolute Gasteiger partial charge is 0.306 e. The van der Waals surface area contributed by atoms with E-state index >= 15 is 0 Å². The van der Waals surface area contributed by atoms with Crippen LogP contribution < -0.4 is 5.11 Å². The molecule has 0 aliphatic rings. The highest BCUT2D eigenvalue weighted by Gasteiger charge is 2.22. The molecule has 9 nitrogen and oxygen atoms in total. The number of hydrogen-bond acceptors (Lipinski definition) is 8. The minimum Gasteiger partial charge on any atom is -0.545 e. The summed E-state index contributed by atoms with van der Waals surface area (Å²) in [5.74, 6) is -2.24. The highest BCUT2D eigenvalue weighted by atomic mass is 16.7. The third-order valence-electron chi connectivity index (χ3n) is 20.3. The molecule has 0 saturated heterocycles. The van der Waals surface area contributed by atoms with E-state index in [9.17, 15) is 19.5 Å². The molecule has 0 amide bonds. The molecule has 0 spiro atoms. The molecule has 101 heavy (non-hydrogen) atoms. The molecule has 2 unspecified atom stereocenters. The first-order chi connectivity index (χ1) is 49.6. The van der Waals surface area contributed by atoms with Crippen LogP contribution in [0.2, 0.25) is 0 Å². The Morgan fingerprint density at radius 3 is 0.842 bits per heavy atom. The van der Waals surface area contributed by atoms with Crippen LogP contribution in [0.3, 0.4) is 0 Å². The van der Waals surface area contributed by atoms with Gasteiger partial charge < -0.3 is 33.3 Å². The van der Waals surface area contributed by atoms with Crippen molar-refractivity contribution in [3.63, 3.8) is 0 Å². The number of unbranched alkanes of at least 4 members (excludes halogenated alkanes) is 59. The highest BCUT2D eigenvalue weighted by molar-refractivity contribution is 5.70. The number of hydrogen-bond donors (Lipinski definition) is 0. The summed E-state index contributed by atoms with van der Waals surface area (Å²) in [6, 6.07) is 0. The van der Waals surface area contributed by atoms with Gasteiger partial charge >= 0.3 is 11.9 Å². The zero-order valence-electron chi connectivity index (χ0n) is 68.1. The number of ether oxygens (including phenoxy) is 4. The molecule has 0 aromatic rings. The van der Waals surface area contributed by atoms with Crippen molar-refractivity contribution in [3.8, 4) is 0 Å². The largest absolute Gasteiger partial charge is 0.545 e. The molecule has 0 bridgehead atoms. The Balaban J connectivity index is 3.90. The zero-order valence-corrected chi connectivity index (χ0v) is 68.1. The molecule has 0 rings (SSSR count). The Morgan fingerprint density at radius 2 is 0.564 bits per heavy atom. The first kappa shape index (κ1) is 98.0. The van der Waals surface area contributed by atoms with Crippen molar-refractivity contribution in [2.45, 2.75) is 463 Å². The van der Waals surface area contributed by atoms with Crippen LogP contribution in [0.25, 0.3) is 0 Å². The molecule has 0 fully saturated rings. The minimum atomic E-state index is -1.62. The van der Waals surface area contributed by atoms with Crippen molar-refractivity contribution in [1.29, 1.82) is 0 Å². The number of carbonyl (C=O) groups is 3. The Labute approximate surface area is 628 Å². The normalized spacial score (nSPS) is 12.8. The summed E-state index contributed by atoms with van der Waals surface area (Å²) in [4.78, 5) is 37.7. The number of nitrogens with zero attached hydrogens (tertiary/aromatic N) is 1. The number of esters is 2. The fourth-order valence-corrected chi connectivity index (χ4v) is 13.6. The molecule has 0 radical (unpaired) electrons. The standard InChI is InChI=1S/C92H171NO8/c1-6-8-10-12-14-16-18-20-22-24-26-28-30-32-34-36-38-40-42-43-44-45-46-47-49-51-53-55-57-59-61-63-65-67-69-71-73-75-77-79-81-83-90(95)101-88(87-100-92(91(96)97)98-85-84-93(3,4)5)86-99-89(94)82-80-78-76-74-72-70-68-66-64-62-60-58-56-54-52-50-48-41-39-37-35-33-31-29-27-25-23-21-19-17-15-13-11-9-7-2/h8,10,14,16,20,22,26,28,32,34,88,92H,6-7,9,11-13,15,17-19,21,23-25,27,29-31,33,35-87H2,1-5H3/b10-8-,16-14-,22-20-,28-26-,34-32-. The Kier molecular flexibility index (Phi) is 80.2. The van der Waals surface area contributed by atoms with Crippen LogP contribution >= 0.6 is 0 Å². The van der Waals surface area contributed by atoms with Crippen molar-refractivity contribution in [3.05, 3.63) is 60.8 Å². The van der Waals surface area contributed by atoms with Gasteiger partial charge in [-0.2, -0.15) is 0 Å². The first-order valence-electron chi connectivity index (χ1n) is 44.4. The van der Waals surface area contributed by atoms with Crippen LogP contribution in [-0.2, 0) is 33.3 Å². The number of rotatable bonds is 84. The van der Waals surface area contributed by atoms with Crippen LogP contribution in [0, 0.1) is 0 Å². The van der Waals surface area contributed by atoms with Gasteiger partial charge in [-0.25, -0.2) is 0 Å². The lowest BCUT2D eigenvalue weighted by Crippen LogP contribution is -2.44. The molecule has 0 saturated carbocycles. The molecular formula is C92H171NO8. The molecule has 0 heterocycles. The number of carboxylic acids is 1. The third kappa shape index (κ3) is 84.1. The van der Waals surface area contributed by atoms with Crippen molar-refractivity contribution in [2.75, 3.05) is 47.5 Å².